The molecule has 114 valence electrons. The van der Waals surface area contributed by atoms with Crippen LogP contribution in [0.2, 0.25) is 0 Å². The molecule has 22 heavy (non-hydrogen) atoms. The van der Waals surface area contributed by atoms with Crippen molar-refractivity contribution in [3.05, 3.63) is 60.2 Å². The van der Waals surface area contributed by atoms with Crippen molar-refractivity contribution in [3.63, 3.8) is 0 Å². The van der Waals surface area contributed by atoms with E-state index in [1.807, 2.05) is 6.07 Å². The third kappa shape index (κ3) is 2.69. The number of hydrogen-bond donors (Lipinski definition) is 1. The van der Waals surface area contributed by atoms with Gasteiger partial charge in [0.25, 0.3) is 0 Å². The smallest absolute Gasteiger partial charge is 0.0920 e. The van der Waals surface area contributed by atoms with Crippen molar-refractivity contribution in [2.24, 2.45) is 0 Å². The van der Waals surface area contributed by atoms with Crippen LogP contribution < -0.4 is 0 Å². The van der Waals surface area contributed by atoms with E-state index in [0.717, 1.165) is 37.5 Å². The molecule has 0 bridgehead atoms. The molecule has 2 aromatic carbocycles. The molecule has 2 heteroatoms. The van der Waals surface area contributed by atoms with Crippen LogP contribution in [0.3, 0.4) is 0 Å². The Kier molecular flexibility index (Phi) is 3.51. The SMILES string of the molecule is OC1(c2ccc(-c3ccccc3)cc2)CCN(C2CC2)CC1. The number of likely N-dealkylation sites (tertiary alicyclic amines) is 1. The standard InChI is InChI=1S/C20H23NO/c22-20(12-14-21(15-13-20)19-10-11-19)18-8-6-17(7-9-18)16-4-2-1-3-5-16/h1-9,19,22H,10-15H2. The Bertz CT molecular complexity index is 623. The molecule has 1 aliphatic heterocycles. The average molecular weight is 293 g/mol. The molecule has 1 N–H and O–H groups in total. The maximum absolute atomic E-state index is 11.0. The second kappa shape index (κ2) is 5.53. The Morgan fingerprint density at radius 3 is 2.00 bits per heavy atom. The van der Waals surface area contributed by atoms with Crippen LogP contribution in [-0.2, 0) is 5.60 Å². The fraction of sp³-hybridized carbons (Fsp3) is 0.400. The lowest BCUT2D eigenvalue weighted by Crippen LogP contribution is -2.43. The lowest BCUT2D eigenvalue weighted by molar-refractivity contribution is -0.0277. The molecule has 1 heterocycles. The van der Waals surface area contributed by atoms with E-state index in [1.165, 1.54) is 24.0 Å². The largest absolute Gasteiger partial charge is 0.385 e. The number of rotatable bonds is 3. The van der Waals surface area contributed by atoms with Gasteiger partial charge in [-0.3, -0.25) is 0 Å². The summed E-state index contributed by atoms with van der Waals surface area (Å²) < 4.78 is 0. The van der Waals surface area contributed by atoms with Gasteiger partial charge in [-0.2, -0.15) is 0 Å². The van der Waals surface area contributed by atoms with Gasteiger partial charge in [0, 0.05) is 19.1 Å². The summed E-state index contributed by atoms with van der Waals surface area (Å²) in [4.78, 5) is 2.55. The van der Waals surface area contributed by atoms with Gasteiger partial charge in [-0.05, 0) is 42.4 Å². The first kappa shape index (κ1) is 14.0. The van der Waals surface area contributed by atoms with E-state index >= 15 is 0 Å². The maximum atomic E-state index is 11.0. The zero-order valence-corrected chi connectivity index (χ0v) is 12.9. The molecule has 0 amide bonds. The van der Waals surface area contributed by atoms with Gasteiger partial charge in [0.1, 0.15) is 0 Å². The highest BCUT2D eigenvalue weighted by atomic mass is 16.3. The lowest BCUT2D eigenvalue weighted by Gasteiger charge is -2.38. The summed E-state index contributed by atoms with van der Waals surface area (Å²) in [7, 11) is 0. The molecule has 2 aromatic rings. The number of piperidine rings is 1. The third-order valence-electron chi connectivity index (χ3n) is 5.22. The third-order valence-corrected chi connectivity index (χ3v) is 5.22. The summed E-state index contributed by atoms with van der Waals surface area (Å²) in [5, 5.41) is 11.0. The molecule has 2 nitrogen and oxygen atoms in total. The van der Waals surface area contributed by atoms with Crippen molar-refractivity contribution in [2.75, 3.05) is 13.1 Å². The highest BCUT2D eigenvalue weighted by molar-refractivity contribution is 5.63. The Morgan fingerprint density at radius 2 is 1.41 bits per heavy atom. The highest BCUT2D eigenvalue weighted by Gasteiger charge is 2.38. The molecule has 1 saturated carbocycles. The summed E-state index contributed by atoms with van der Waals surface area (Å²) in [6.07, 6.45) is 4.41. The lowest BCUT2D eigenvalue weighted by atomic mass is 9.84. The van der Waals surface area contributed by atoms with E-state index in [4.69, 9.17) is 0 Å². The molecular formula is C20H23NO. The molecule has 0 atom stereocenters. The number of benzene rings is 2. The Labute approximate surface area is 132 Å². The number of nitrogens with zero attached hydrogens (tertiary/aromatic N) is 1. The van der Waals surface area contributed by atoms with Crippen LogP contribution in [0.1, 0.15) is 31.2 Å². The summed E-state index contributed by atoms with van der Waals surface area (Å²) >= 11 is 0. The van der Waals surface area contributed by atoms with Crippen LogP contribution in [0.4, 0.5) is 0 Å². The van der Waals surface area contributed by atoms with E-state index in [9.17, 15) is 5.11 Å². The molecule has 0 radical (unpaired) electrons. The first-order chi connectivity index (χ1) is 10.7. The monoisotopic (exact) mass is 293 g/mol. The van der Waals surface area contributed by atoms with Gasteiger partial charge in [0.15, 0.2) is 0 Å². The van der Waals surface area contributed by atoms with E-state index in [-0.39, 0.29) is 0 Å². The molecule has 2 aliphatic rings. The second-order valence-electron chi connectivity index (χ2n) is 6.74. The van der Waals surface area contributed by atoms with Crippen molar-refractivity contribution < 1.29 is 5.11 Å². The number of hydrogen-bond acceptors (Lipinski definition) is 2. The van der Waals surface area contributed by atoms with E-state index in [2.05, 4.69) is 53.4 Å². The van der Waals surface area contributed by atoms with Crippen molar-refractivity contribution in [3.8, 4) is 11.1 Å². The van der Waals surface area contributed by atoms with Crippen LogP contribution in [0, 0.1) is 0 Å². The summed E-state index contributed by atoms with van der Waals surface area (Å²) in [6, 6.07) is 19.7. The predicted molar refractivity (Wildman–Crippen MR) is 89.6 cm³/mol. The van der Waals surface area contributed by atoms with Gasteiger partial charge in [0.05, 0.1) is 5.60 Å². The molecule has 4 rings (SSSR count). The minimum atomic E-state index is -0.638. The predicted octanol–water partition coefficient (Wildman–Crippen LogP) is 3.80. The zero-order valence-electron chi connectivity index (χ0n) is 12.9. The fourth-order valence-corrected chi connectivity index (χ4v) is 3.59. The molecular weight excluding hydrogens is 270 g/mol. The van der Waals surface area contributed by atoms with E-state index in [1.54, 1.807) is 0 Å². The average Bonchev–Trinajstić information content (AvgIpc) is 3.42. The van der Waals surface area contributed by atoms with Gasteiger partial charge in [-0.15, -0.1) is 0 Å². The topological polar surface area (TPSA) is 23.5 Å². The van der Waals surface area contributed by atoms with Gasteiger partial charge < -0.3 is 10.0 Å². The van der Waals surface area contributed by atoms with Gasteiger partial charge in [-0.25, -0.2) is 0 Å². The van der Waals surface area contributed by atoms with Crippen LogP contribution in [-0.4, -0.2) is 29.1 Å². The first-order valence-corrected chi connectivity index (χ1v) is 8.37. The quantitative estimate of drug-likeness (QED) is 0.930. The van der Waals surface area contributed by atoms with Gasteiger partial charge >= 0.3 is 0 Å². The highest BCUT2D eigenvalue weighted by Crippen LogP contribution is 2.37. The molecule has 1 saturated heterocycles. The number of aliphatic hydroxyl groups is 1. The maximum Gasteiger partial charge on any atom is 0.0920 e. The molecule has 1 aliphatic carbocycles. The molecule has 0 spiro atoms. The Hall–Kier alpha value is -1.64. The second-order valence-corrected chi connectivity index (χ2v) is 6.74. The van der Waals surface area contributed by atoms with Crippen LogP contribution in [0.15, 0.2) is 54.6 Å². The van der Waals surface area contributed by atoms with E-state index in [0.29, 0.717) is 0 Å². The molecule has 2 fully saturated rings. The van der Waals surface area contributed by atoms with Crippen LogP contribution in [0.5, 0.6) is 0 Å². The minimum absolute atomic E-state index is 0.638. The Morgan fingerprint density at radius 1 is 0.818 bits per heavy atom. The summed E-state index contributed by atoms with van der Waals surface area (Å²) in [5.74, 6) is 0. The molecule has 0 aromatic heterocycles. The zero-order chi connectivity index (χ0) is 15.0. The molecule has 0 unspecified atom stereocenters. The first-order valence-electron chi connectivity index (χ1n) is 8.37. The fourth-order valence-electron chi connectivity index (χ4n) is 3.59. The van der Waals surface area contributed by atoms with E-state index < -0.39 is 5.60 Å². The van der Waals surface area contributed by atoms with Crippen LogP contribution in [0.25, 0.3) is 11.1 Å². The van der Waals surface area contributed by atoms with Crippen molar-refractivity contribution in [1.82, 2.24) is 4.90 Å². The minimum Gasteiger partial charge on any atom is -0.385 e. The van der Waals surface area contributed by atoms with Crippen molar-refractivity contribution in [1.29, 1.82) is 0 Å². The Balaban J connectivity index is 1.50. The van der Waals surface area contributed by atoms with Crippen LogP contribution >= 0.6 is 0 Å². The normalized spacial score (nSPS) is 21.7. The summed E-state index contributed by atoms with van der Waals surface area (Å²) in [6.45, 7) is 2.06. The van der Waals surface area contributed by atoms with Crippen molar-refractivity contribution in [2.45, 2.75) is 37.3 Å². The van der Waals surface area contributed by atoms with Crippen molar-refractivity contribution >= 4 is 0 Å². The van der Waals surface area contributed by atoms with Gasteiger partial charge in [0.2, 0.25) is 0 Å². The van der Waals surface area contributed by atoms with Gasteiger partial charge in [-0.1, -0.05) is 54.6 Å². The summed E-state index contributed by atoms with van der Waals surface area (Å²) in [5.41, 5.74) is 2.87.